The Kier molecular flexibility index (Phi) is 4.55. The van der Waals surface area contributed by atoms with Crippen LogP contribution in [-0.4, -0.2) is 26.9 Å². The molecule has 2 atom stereocenters. The molecule has 0 saturated carbocycles. The number of halogens is 1. The molecule has 0 aliphatic rings. The number of aromatic carboxylic acids is 1. The van der Waals surface area contributed by atoms with Crippen LogP contribution in [0.3, 0.4) is 0 Å². The van der Waals surface area contributed by atoms with E-state index < -0.39 is 40.0 Å². The first kappa shape index (κ1) is 14.3. The lowest BCUT2D eigenvalue weighted by Crippen LogP contribution is -2.25. The molecule has 3 N–H and O–H groups in total. The lowest BCUT2D eigenvalue weighted by molar-refractivity contribution is -0.120. The molecule has 0 heterocycles. The van der Waals surface area contributed by atoms with Gasteiger partial charge in [-0.15, -0.1) is 0 Å². The van der Waals surface area contributed by atoms with Crippen LogP contribution in [0.1, 0.15) is 17.3 Å². The highest BCUT2D eigenvalue weighted by molar-refractivity contribution is 7.85. The summed E-state index contributed by atoms with van der Waals surface area (Å²) in [6, 6.07) is 3.17. The van der Waals surface area contributed by atoms with Crippen molar-refractivity contribution in [2.24, 2.45) is 11.7 Å². The van der Waals surface area contributed by atoms with Gasteiger partial charge in [-0.3, -0.25) is 9.00 Å². The van der Waals surface area contributed by atoms with Gasteiger partial charge in [-0.25, -0.2) is 9.18 Å². The topological polar surface area (TPSA) is 97.5 Å². The number of carboxylic acid groups (broad SMARTS) is 1. The number of carbonyl (C=O) groups excluding carboxylic acids is 1. The summed E-state index contributed by atoms with van der Waals surface area (Å²) in [5.41, 5.74) is 4.49. The van der Waals surface area contributed by atoms with E-state index in [4.69, 9.17) is 10.8 Å². The average Bonchev–Trinajstić information content (AvgIpc) is 2.28. The molecule has 0 spiro atoms. The fraction of sp³-hybridized carbons (Fsp3) is 0.273. The van der Waals surface area contributed by atoms with Crippen LogP contribution in [0.15, 0.2) is 23.1 Å². The number of carboxylic acids is 1. The van der Waals surface area contributed by atoms with Gasteiger partial charge in [0.05, 0.1) is 16.4 Å². The third-order valence-electron chi connectivity index (χ3n) is 2.32. The highest BCUT2D eigenvalue weighted by atomic mass is 32.2. The van der Waals surface area contributed by atoms with Gasteiger partial charge >= 0.3 is 5.97 Å². The summed E-state index contributed by atoms with van der Waals surface area (Å²) in [7, 11) is -1.60. The number of primary amides is 1. The monoisotopic (exact) mass is 273 g/mol. The van der Waals surface area contributed by atoms with Crippen molar-refractivity contribution in [3.05, 3.63) is 29.6 Å². The number of amides is 1. The molecule has 2 unspecified atom stereocenters. The predicted molar refractivity (Wildman–Crippen MR) is 63.0 cm³/mol. The van der Waals surface area contributed by atoms with E-state index in [1.165, 1.54) is 13.0 Å². The second kappa shape index (κ2) is 5.72. The number of rotatable bonds is 5. The first-order valence-electron chi connectivity index (χ1n) is 5.03. The number of carbonyl (C=O) groups is 2. The van der Waals surface area contributed by atoms with Crippen molar-refractivity contribution in [2.45, 2.75) is 11.8 Å². The third-order valence-corrected chi connectivity index (χ3v) is 3.90. The molecule has 0 aliphatic heterocycles. The maximum Gasteiger partial charge on any atom is 0.338 e. The minimum Gasteiger partial charge on any atom is -0.478 e. The van der Waals surface area contributed by atoms with E-state index in [1.807, 2.05) is 0 Å². The van der Waals surface area contributed by atoms with Crippen LogP contribution in [0, 0.1) is 11.7 Å². The number of benzene rings is 1. The molecule has 1 aromatic carbocycles. The summed E-state index contributed by atoms with van der Waals surface area (Å²) in [5.74, 6) is -3.56. The molecule has 0 aliphatic carbocycles. The zero-order chi connectivity index (χ0) is 13.9. The Balaban J connectivity index is 2.97. The largest absolute Gasteiger partial charge is 0.478 e. The third kappa shape index (κ3) is 3.36. The zero-order valence-corrected chi connectivity index (χ0v) is 10.4. The van der Waals surface area contributed by atoms with Gasteiger partial charge in [-0.1, -0.05) is 6.92 Å². The van der Waals surface area contributed by atoms with E-state index in [0.29, 0.717) is 0 Å². The van der Waals surface area contributed by atoms with Gasteiger partial charge in [0.2, 0.25) is 5.91 Å². The van der Waals surface area contributed by atoms with Crippen LogP contribution < -0.4 is 5.73 Å². The van der Waals surface area contributed by atoms with Crippen LogP contribution >= 0.6 is 0 Å². The summed E-state index contributed by atoms with van der Waals surface area (Å²) < 4.78 is 25.0. The Labute approximate surface area is 105 Å². The first-order valence-corrected chi connectivity index (χ1v) is 6.35. The smallest absolute Gasteiger partial charge is 0.338 e. The summed E-state index contributed by atoms with van der Waals surface area (Å²) in [4.78, 5) is 21.7. The SMILES string of the molecule is CC(CS(=O)c1ccc(F)c(C(=O)O)c1)C(N)=O. The van der Waals surface area contributed by atoms with E-state index in [9.17, 15) is 18.2 Å². The molecule has 0 bridgehead atoms. The van der Waals surface area contributed by atoms with Gasteiger partial charge in [-0.2, -0.15) is 0 Å². The molecule has 0 radical (unpaired) electrons. The molecule has 0 fully saturated rings. The lowest BCUT2D eigenvalue weighted by Gasteiger charge is -2.08. The predicted octanol–water partition coefficient (Wildman–Crippen LogP) is 0.753. The Bertz CT molecular complexity index is 518. The molecule has 7 heteroatoms. The average molecular weight is 273 g/mol. The fourth-order valence-electron chi connectivity index (χ4n) is 1.22. The molecule has 5 nitrogen and oxygen atoms in total. The molecular weight excluding hydrogens is 261 g/mol. The van der Waals surface area contributed by atoms with Gasteiger partial charge in [-0.05, 0) is 18.2 Å². The van der Waals surface area contributed by atoms with E-state index in [2.05, 4.69) is 0 Å². The molecule has 0 aromatic heterocycles. The molecule has 98 valence electrons. The number of hydrogen-bond donors (Lipinski definition) is 2. The van der Waals surface area contributed by atoms with Crippen molar-refractivity contribution in [3.63, 3.8) is 0 Å². The van der Waals surface area contributed by atoms with Crippen molar-refractivity contribution >= 4 is 22.7 Å². The Morgan fingerprint density at radius 1 is 1.50 bits per heavy atom. The summed E-state index contributed by atoms with van der Waals surface area (Å²) in [6.45, 7) is 1.52. The highest BCUT2D eigenvalue weighted by Crippen LogP contribution is 2.15. The molecule has 18 heavy (non-hydrogen) atoms. The Hall–Kier alpha value is -1.76. The van der Waals surface area contributed by atoms with Gasteiger partial charge in [0.15, 0.2) is 0 Å². The quantitative estimate of drug-likeness (QED) is 0.827. The van der Waals surface area contributed by atoms with Gasteiger partial charge in [0.1, 0.15) is 5.82 Å². The van der Waals surface area contributed by atoms with Crippen molar-refractivity contribution in [1.29, 1.82) is 0 Å². The normalized spacial score (nSPS) is 13.9. The van der Waals surface area contributed by atoms with Crippen LogP contribution in [0.5, 0.6) is 0 Å². The summed E-state index contributed by atoms with van der Waals surface area (Å²) in [6.07, 6.45) is 0. The van der Waals surface area contributed by atoms with Crippen molar-refractivity contribution in [1.82, 2.24) is 0 Å². The standard InChI is InChI=1S/C11H12FNO4S/c1-6(10(13)14)5-18(17)7-2-3-9(12)8(4-7)11(15)16/h2-4,6H,5H2,1H3,(H2,13,14)(H,15,16). The first-order chi connectivity index (χ1) is 8.32. The summed E-state index contributed by atoms with van der Waals surface area (Å²) in [5, 5.41) is 8.73. The van der Waals surface area contributed by atoms with Gasteiger partial charge in [0.25, 0.3) is 0 Å². The molecular formula is C11H12FNO4S. The van der Waals surface area contributed by atoms with Crippen LogP contribution in [0.4, 0.5) is 4.39 Å². The Morgan fingerprint density at radius 3 is 2.61 bits per heavy atom. The van der Waals surface area contributed by atoms with Crippen molar-refractivity contribution in [3.8, 4) is 0 Å². The molecule has 1 amide bonds. The second-order valence-corrected chi connectivity index (χ2v) is 5.26. The molecule has 1 rings (SSSR count). The van der Waals surface area contributed by atoms with Crippen molar-refractivity contribution in [2.75, 3.05) is 5.75 Å². The summed E-state index contributed by atoms with van der Waals surface area (Å²) >= 11 is 0. The zero-order valence-electron chi connectivity index (χ0n) is 9.55. The minimum atomic E-state index is -1.60. The number of nitrogens with two attached hydrogens (primary N) is 1. The minimum absolute atomic E-state index is 0.0278. The lowest BCUT2D eigenvalue weighted by atomic mass is 10.2. The van der Waals surface area contributed by atoms with E-state index in [-0.39, 0.29) is 10.6 Å². The Morgan fingerprint density at radius 2 is 2.11 bits per heavy atom. The van der Waals surface area contributed by atoms with E-state index >= 15 is 0 Å². The highest BCUT2D eigenvalue weighted by Gasteiger charge is 2.17. The second-order valence-electron chi connectivity index (χ2n) is 3.76. The van der Waals surface area contributed by atoms with Crippen LogP contribution in [0.2, 0.25) is 0 Å². The van der Waals surface area contributed by atoms with E-state index in [1.54, 1.807) is 0 Å². The van der Waals surface area contributed by atoms with Crippen LogP contribution in [0.25, 0.3) is 0 Å². The van der Waals surface area contributed by atoms with Gasteiger partial charge in [0, 0.05) is 16.6 Å². The maximum absolute atomic E-state index is 13.1. The van der Waals surface area contributed by atoms with Crippen molar-refractivity contribution < 1.29 is 23.3 Å². The van der Waals surface area contributed by atoms with E-state index in [0.717, 1.165) is 12.1 Å². The van der Waals surface area contributed by atoms with Crippen LogP contribution in [-0.2, 0) is 15.6 Å². The maximum atomic E-state index is 13.1. The fourth-order valence-corrected chi connectivity index (χ4v) is 2.50. The molecule has 1 aromatic rings. The number of hydrogen-bond acceptors (Lipinski definition) is 3. The molecule has 0 saturated heterocycles. The van der Waals surface area contributed by atoms with Gasteiger partial charge < -0.3 is 10.8 Å².